The van der Waals surface area contributed by atoms with Crippen LogP contribution in [0.1, 0.15) is 24.2 Å². The average Bonchev–Trinajstić information content (AvgIpc) is 2.72. The van der Waals surface area contributed by atoms with Crippen LogP contribution in [0.2, 0.25) is 0 Å². The van der Waals surface area contributed by atoms with Gasteiger partial charge in [0.2, 0.25) is 5.69 Å². The van der Waals surface area contributed by atoms with Crippen molar-refractivity contribution < 1.29 is 14.3 Å². The predicted molar refractivity (Wildman–Crippen MR) is 68.4 cm³/mol. The van der Waals surface area contributed by atoms with Crippen LogP contribution in [0.3, 0.4) is 0 Å². The fourth-order valence-corrected chi connectivity index (χ4v) is 2.10. The summed E-state index contributed by atoms with van der Waals surface area (Å²) in [7, 11) is 3.83. The van der Waals surface area contributed by atoms with Crippen molar-refractivity contribution in [3.63, 3.8) is 0 Å². The summed E-state index contributed by atoms with van der Waals surface area (Å²) in [6.45, 7) is 2.57. The van der Waals surface area contributed by atoms with Gasteiger partial charge in [-0.3, -0.25) is 4.90 Å². The summed E-state index contributed by atoms with van der Waals surface area (Å²) in [4.78, 5) is 1.93. The van der Waals surface area contributed by atoms with Crippen molar-refractivity contribution in [3.8, 4) is 5.95 Å². The molecule has 1 unspecified atom stereocenters. The highest BCUT2D eigenvalue weighted by Gasteiger charge is 2.24. The third-order valence-electron chi connectivity index (χ3n) is 2.98. The van der Waals surface area contributed by atoms with E-state index in [0.717, 1.165) is 6.42 Å². The van der Waals surface area contributed by atoms with Crippen molar-refractivity contribution in [2.24, 2.45) is 0 Å². The smallest absolute Gasteiger partial charge is 0.247 e. The highest BCUT2D eigenvalue weighted by Crippen LogP contribution is 2.14. The summed E-state index contributed by atoms with van der Waals surface area (Å²) in [5, 5.41) is 15.5. The molecule has 0 fully saturated rings. The van der Waals surface area contributed by atoms with Crippen LogP contribution in [0, 0.1) is 0 Å². The lowest BCUT2D eigenvalue weighted by atomic mass is 10.1. The van der Waals surface area contributed by atoms with Crippen molar-refractivity contribution >= 4 is 0 Å². The molecule has 5 nitrogen and oxygen atoms in total. The second-order valence-electron chi connectivity index (χ2n) is 5.03. The quantitative estimate of drug-likeness (QED) is 0.750. The van der Waals surface area contributed by atoms with Crippen LogP contribution in [-0.2, 0) is 13.0 Å². The third kappa shape index (κ3) is 3.32. The van der Waals surface area contributed by atoms with E-state index in [1.807, 2.05) is 44.1 Å². The van der Waals surface area contributed by atoms with Gasteiger partial charge in [0.25, 0.3) is 0 Å². The predicted octanol–water partition coefficient (Wildman–Crippen LogP) is 0.901. The zero-order valence-electron chi connectivity index (χ0n) is 11.5. The molecule has 2 aromatic rings. The molecule has 5 heteroatoms. The molecule has 1 heterocycles. The van der Waals surface area contributed by atoms with Crippen molar-refractivity contribution in [2.75, 3.05) is 14.1 Å². The molecule has 1 atom stereocenters. The van der Waals surface area contributed by atoms with Gasteiger partial charge < -0.3 is 9.63 Å². The van der Waals surface area contributed by atoms with Crippen molar-refractivity contribution in [2.45, 2.75) is 25.9 Å². The summed E-state index contributed by atoms with van der Waals surface area (Å²) in [5.41, 5.74) is 1.81. The van der Waals surface area contributed by atoms with Crippen LogP contribution in [0.25, 0.3) is 0 Å². The Morgan fingerprint density at radius 1 is 1.32 bits per heavy atom. The molecular formula is C14H19N3O2. The van der Waals surface area contributed by atoms with Gasteiger partial charge in [0.15, 0.2) is 12.0 Å². The van der Waals surface area contributed by atoms with E-state index in [9.17, 15) is 5.11 Å². The van der Waals surface area contributed by atoms with Crippen molar-refractivity contribution in [1.82, 2.24) is 10.2 Å². The lowest BCUT2D eigenvalue weighted by Gasteiger charge is -2.09. The summed E-state index contributed by atoms with van der Waals surface area (Å²) in [6, 6.07) is 10.2. The minimum absolute atomic E-state index is 0.0869. The van der Waals surface area contributed by atoms with Gasteiger partial charge in [-0.25, -0.2) is 0 Å². The van der Waals surface area contributed by atoms with Gasteiger partial charge in [0.05, 0.1) is 11.8 Å². The Labute approximate surface area is 113 Å². The number of hydrogen-bond donors (Lipinski definition) is 0. The van der Waals surface area contributed by atoms with Gasteiger partial charge >= 0.3 is 0 Å². The van der Waals surface area contributed by atoms with Crippen molar-refractivity contribution in [1.29, 1.82) is 0 Å². The first-order valence-corrected chi connectivity index (χ1v) is 6.34. The number of aromatic nitrogens is 2. The van der Waals surface area contributed by atoms with E-state index in [-0.39, 0.29) is 12.0 Å². The Bertz CT molecular complexity index is 523. The Morgan fingerprint density at radius 2 is 2.00 bits per heavy atom. The van der Waals surface area contributed by atoms with Gasteiger partial charge in [-0.15, -0.1) is 0 Å². The first kappa shape index (κ1) is 13.5. The molecule has 102 valence electrons. The van der Waals surface area contributed by atoms with E-state index in [0.29, 0.717) is 12.2 Å². The molecule has 0 spiro atoms. The van der Waals surface area contributed by atoms with Crippen LogP contribution in [-0.4, -0.2) is 24.3 Å². The van der Waals surface area contributed by atoms with Crippen LogP contribution < -0.4 is 9.79 Å². The second-order valence-corrected chi connectivity index (χ2v) is 5.03. The fraction of sp³-hybridized carbons (Fsp3) is 0.429. The van der Waals surface area contributed by atoms with E-state index in [1.54, 1.807) is 4.68 Å². The standard InChI is InChI=1S/C14H19N3O2/c1-11(9-12-7-5-4-6-8-12)17-13(10-16(2)3)14(18)19-15-17/h4-8,11H,9-10H2,1-3H3. The van der Waals surface area contributed by atoms with E-state index in [2.05, 4.69) is 17.4 Å². The first-order chi connectivity index (χ1) is 9.08. The zero-order chi connectivity index (χ0) is 13.8. The van der Waals surface area contributed by atoms with Crippen LogP contribution in [0.15, 0.2) is 34.9 Å². The molecule has 1 aromatic carbocycles. The maximum absolute atomic E-state index is 11.7. The molecular weight excluding hydrogens is 242 g/mol. The molecule has 0 aliphatic heterocycles. The number of nitrogens with zero attached hydrogens (tertiary/aromatic N) is 3. The minimum atomic E-state index is -0.353. The van der Waals surface area contributed by atoms with Crippen LogP contribution in [0.4, 0.5) is 0 Å². The van der Waals surface area contributed by atoms with Gasteiger partial charge in [-0.2, -0.15) is 0 Å². The molecule has 0 N–H and O–H groups in total. The van der Waals surface area contributed by atoms with Crippen LogP contribution >= 0.6 is 0 Å². The van der Waals surface area contributed by atoms with E-state index < -0.39 is 0 Å². The number of rotatable bonds is 5. The van der Waals surface area contributed by atoms with Crippen molar-refractivity contribution in [3.05, 3.63) is 41.6 Å². The fourth-order valence-electron chi connectivity index (χ4n) is 2.10. The monoisotopic (exact) mass is 261 g/mol. The highest BCUT2D eigenvalue weighted by molar-refractivity contribution is 5.15. The molecule has 0 saturated carbocycles. The Hall–Kier alpha value is -1.88. The third-order valence-corrected chi connectivity index (χ3v) is 2.98. The maximum atomic E-state index is 11.7. The van der Waals surface area contributed by atoms with E-state index in [4.69, 9.17) is 4.52 Å². The molecule has 0 radical (unpaired) electrons. The lowest BCUT2D eigenvalue weighted by Crippen LogP contribution is -2.45. The molecule has 19 heavy (non-hydrogen) atoms. The number of hydrogen-bond acceptors (Lipinski definition) is 4. The molecule has 0 aliphatic carbocycles. The Morgan fingerprint density at radius 3 is 2.63 bits per heavy atom. The maximum Gasteiger partial charge on any atom is 0.247 e. The topological polar surface area (TPSA) is 56.2 Å². The Kier molecular flexibility index (Phi) is 4.16. The zero-order valence-corrected chi connectivity index (χ0v) is 11.5. The molecule has 0 bridgehead atoms. The Balaban J connectivity index is 2.17. The van der Waals surface area contributed by atoms with Gasteiger partial charge in [0, 0.05) is 13.3 Å². The van der Waals surface area contributed by atoms with Gasteiger partial charge in [-0.05, 0) is 19.7 Å². The minimum Gasteiger partial charge on any atom is -0.539 e. The van der Waals surface area contributed by atoms with E-state index >= 15 is 0 Å². The first-order valence-electron chi connectivity index (χ1n) is 6.34. The molecule has 2 rings (SSSR count). The normalized spacial score (nSPS) is 12.8. The van der Waals surface area contributed by atoms with E-state index in [1.165, 1.54) is 5.56 Å². The van der Waals surface area contributed by atoms with Gasteiger partial charge in [0.1, 0.15) is 0 Å². The largest absolute Gasteiger partial charge is 0.539 e. The summed E-state index contributed by atoms with van der Waals surface area (Å²) in [6.07, 6.45) is 0.817. The molecule has 0 saturated heterocycles. The summed E-state index contributed by atoms with van der Waals surface area (Å²) in [5.74, 6) is -0.353. The van der Waals surface area contributed by atoms with Crippen LogP contribution in [0.5, 0.6) is 5.95 Å². The lowest BCUT2D eigenvalue weighted by molar-refractivity contribution is -0.788. The van der Waals surface area contributed by atoms with Gasteiger partial charge in [-0.1, -0.05) is 35.0 Å². The molecule has 0 amide bonds. The average molecular weight is 261 g/mol. The highest BCUT2D eigenvalue weighted by atomic mass is 16.6. The summed E-state index contributed by atoms with van der Waals surface area (Å²) >= 11 is 0. The second kappa shape index (κ2) is 5.84. The molecule has 1 aromatic heterocycles. The molecule has 0 aliphatic rings. The number of benzene rings is 1. The summed E-state index contributed by atoms with van der Waals surface area (Å²) < 4.78 is 6.48. The SMILES string of the molecule is CC(Cc1ccccc1)[n+]1noc([O-])c1CN(C)C.